The number of likely N-dealkylation sites (tertiary alicyclic amines) is 1. The maximum Gasteiger partial charge on any atom is 0.318 e. The van der Waals surface area contributed by atoms with Gasteiger partial charge in [0.1, 0.15) is 11.8 Å². The van der Waals surface area contributed by atoms with E-state index in [9.17, 15) is 9.59 Å². The van der Waals surface area contributed by atoms with Gasteiger partial charge in [0.05, 0.1) is 0 Å². The highest BCUT2D eigenvalue weighted by molar-refractivity contribution is 5.96. The molecule has 7 nitrogen and oxygen atoms in total. The van der Waals surface area contributed by atoms with Crippen molar-refractivity contribution in [3.63, 3.8) is 0 Å². The summed E-state index contributed by atoms with van der Waals surface area (Å²) < 4.78 is 4.95. The fraction of sp³-hybridized carbons (Fsp3) is 0.688. The summed E-state index contributed by atoms with van der Waals surface area (Å²) in [5, 5.41) is 9.58. The van der Waals surface area contributed by atoms with Crippen molar-refractivity contribution in [3.8, 4) is 0 Å². The fourth-order valence-corrected chi connectivity index (χ4v) is 3.42. The van der Waals surface area contributed by atoms with Crippen molar-refractivity contribution in [2.75, 3.05) is 11.9 Å². The lowest BCUT2D eigenvalue weighted by molar-refractivity contribution is -0.119. The summed E-state index contributed by atoms with van der Waals surface area (Å²) >= 11 is 0. The summed E-state index contributed by atoms with van der Waals surface area (Å²) in [6.07, 6.45) is 7.18. The zero-order valence-electron chi connectivity index (χ0n) is 13.5. The van der Waals surface area contributed by atoms with E-state index >= 15 is 0 Å². The van der Waals surface area contributed by atoms with E-state index in [-0.39, 0.29) is 18.0 Å². The molecular formula is C16H24N4O3. The third kappa shape index (κ3) is 3.83. The SMILES string of the molecule is Cc1cc(NC(=O)[C@@H]2CCCN2C(=O)NC2CCCCC2)no1. The number of nitrogens with zero attached hydrogens (tertiary/aromatic N) is 2. The zero-order valence-corrected chi connectivity index (χ0v) is 13.5. The molecule has 0 bridgehead atoms. The number of nitrogens with one attached hydrogen (secondary N) is 2. The number of hydrogen-bond acceptors (Lipinski definition) is 4. The largest absolute Gasteiger partial charge is 0.360 e. The molecule has 1 aliphatic heterocycles. The smallest absolute Gasteiger partial charge is 0.318 e. The fourth-order valence-electron chi connectivity index (χ4n) is 3.42. The molecule has 1 aromatic rings. The van der Waals surface area contributed by atoms with Crippen LogP contribution < -0.4 is 10.6 Å². The third-order valence-corrected chi connectivity index (χ3v) is 4.63. The molecule has 2 heterocycles. The second kappa shape index (κ2) is 7.02. The quantitative estimate of drug-likeness (QED) is 0.895. The Morgan fingerprint density at radius 2 is 2.00 bits per heavy atom. The van der Waals surface area contributed by atoms with Gasteiger partial charge < -0.3 is 20.1 Å². The Balaban J connectivity index is 1.57. The van der Waals surface area contributed by atoms with Crippen molar-refractivity contribution in [1.82, 2.24) is 15.4 Å². The van der Waals surface area contributed by atoms with Crippen LogP contribution in [0.3, 0.4) is 0 Å². The molecule has 1 aromatic heterocycles. The van der Waals surface area contributed by atoms with Gasteiger partial charge in [-0.05, 0) is 32.6 Å². The van der Waals surface area contributed by atoms with E-state index in [2.05, 4.69) is 15.8 Å². The second-order valence-electron chi connectivity index (χ2n) is 6.45. The van der Waals surface area contributed by atoms with Crippen molar-refractivity contribution >= 4 is 17.8 Å². The minimum absolute atomic E-state index is 0.120. The van der Waals surface area contributed by atoms with Crippen LogP contribution in [0.5, 0.6) is 0 Å². The summed E-state index contributed by atoms with van der Waals surface area (Å²) in [6.45, 7) is 2.39. The molecule has 0 radical (unpaired) electrons. The maximum atomic E-state index is 12.5. The van der Waals surface area contributed by atoms with Crippen molar-refractivity contribution in [2.24, 2.45) is 0 Å². The second-order valence-corrected chi connectivity index (χ2v) is 6.45. The summed E-state index contributed by atoms with van der Waals surface area (Å²) in [7, 11) is 0. The van der Waals surface area contributed by atoms with Crippen LogP contribution in [0.2, 0.25) is 0 Å². The Labute approximate surface area is 135 Å². The molecule has 1 saturated carbocycles. The van der Waals surface area contributed by atoms with E-state index in [4.69, 9.17) is 4.52 Å². The Bertz CT molecular complexity index is 565. The van der Waals surface area contributed by atoms with E-state index in [1.165, 1.54) is 19.3 Å². The lowest BCUT2D eigenvalue weighted by Gasteiger charge is -2.28. The molecule has 2 fully saturated rings. The van der Waals surface area contributed by atoms with Crippen LogP contribution in [-0.2, 0) is 4.79 Å². The van der Waals surface area contributed by atoms with Crippen molar-refractivity contribution in [3.05, 3.63) is 11.8 Å². The number of urea groups is 1. The predicted molar refractivity (Wildman–Crippen MR) is 85.0 cm³/mol. The minimum atomic E-state index is -0.435. The van der Waals surface area contributed by atoms with Gasteiger partial charge in [-0.15, -0.1) is 0 Å². The summed E-state index contributed by atoms with van der Waals surface area (Å²) in [4.78, 5) is 26.6. The molecule has 1 atom stereocenters. The standard InChI is InChI=1S/C16H24N4O3/c1-11-10-14(19-23-11)18-15(21)13-8-5-9-20(13)16(22)17-12-6-3-2-4-7-12/h10,12-13H,2-9H2,1H3,(H,17,22)(H,18,19,21)/t13-/m0/s1. The molecule has 2 aliphatic rings. The van der Waals surface area contributed by atoms with Crippen molar-refractivity contribution < 1.29 is 14.1 Å². The number of carbonyl (C=O) groups is 2. The van der Waals surface area contributed by atoms with Crippen LogP contribution in [0.4, 0.5) is 10.6 Å². The molecule has 7 heteroatoms. The number of hydrogen-bond donors (Lipinski definition) is 2. The van der Waals surface area contributed by atoms with Gasteiger partial charge >= 0.3 is 6.03 Å². The molecule has 126 valence electrons. The van der Waals surface area contributed by atoms with Gasteiger partial charge in [-0.2, -0.15) is 0 Å². The van der Waals surface area contributed by atoms with Crippen LogP contribution in [0.15, 0.2) is 10.6 Å². The van der Waals surface area contributed by atoms with E-state index in [0.717, 1.165) is 19.3 Å². The summed E-state index contributed by atoms with van der Waals surface area (Å²) in [6, 6.07) is 1.36. The van der Waals surface area contributed by atoms with E-state index in [1.807, 2.05) is 0 Å². The molecule has 1 saturated heterocycles. The highest BCUT2D eigenvalue weighted by Crippen LogP contribution is 2.21. The zero-order chi connectivity index (χ0) is 16.2. The first-order valence-corrected chi connectivity index (χ1v) is 8.45. The number of carbonyl (C=O) groups excluding carboxylic acids is 2. The molecular weight excluding hydrogens is 296 g/mol. The number of amides is 3. The predicted octanol–water partition coefficient (Wildman–Crippen LogP) is 2.43. The van der Waals surface area contributed by atoms with Gasteiger partial charge in [-0.25, -0.2) is 4.79 Å². The van der Waals surface area contributed by atoms with Gasteiger partial charge in [0, 0.05) is 18.7 Å². The van der Waals surface area contributed by atoms with Crippen LogP contribution >= 0.6 is 0 Å². The average molecular weight is 320 g/mol. The minimum Gasteiger partial charge on any atom is -0.360 e. The molecule has 0 unspecified atom stereocenters. The lowest BCUT2D eigenvalue weighted by atomic mass is 9.96. The number of aromatic nitrogens is 1. The van der Waals surface area contributed by atoms with E-state index in [1.54, 1.807) is 17.9 Å². The highest BCUT2D eigenvalue weighted by Gasteiger charge is 2.35. The first kappa shape index (κ1) is 15.8. The van der Waals surface area contributed by atoms with Gasteiger partial charge in [0.2, 0.25) is 5.91 Å². The first-order chi connectivity index (χ1) is 11.1. The third-order valence-electron chi connectivity index (χ3n) is 4.63. The van der Waals surface area contributed by atoms with E-state index in [0.29, 0.717) is 24.5 Å². The van der Waals surface area contributed by atoms with Gasteiger partial charge in [0.15, 0.2) is 5.82 Å². The summed E-state index contributed by atoms with van der Waals surface area (Å²) in [5.74, 6) is 0.834. The molecule has 23 heavy (non-hydrogen) atoms. The monoisotopic (exact) mass is 320 g/mol. The number of anilines is 1. The van der Waals surface area contributed by atoms with Gasteiger partial charge in [-0.3, -0.25) is 4.79 Å². The Kier molecular flexibility index (Phi) is 4.83. The molecule has 3 rings (SSSR count). The Morgan fingerprint density at radius 3 is 2.70 bits per heavy atom. The maximum absolute atomic E-state index is 12.5. The summed E-state index contributed by atoms with van der Waals surface area (Å²) in [5.41, 5.74) is 0. The van der Waals surface area contributed by atoms with Crippen LogP contribution in [0.1, 0.15) is 50.7 Å². The van der Waals surface area contributed by atoms with Crippen molar-refractivity contribution in [2.45, 2.75) is 64.0 Å². The molecule has 0 aromatic carbocycles. The number of aryl methyl sites for hydroxylation is 1. The topological polar surface area (TPSA) is 87.5 Å². The molecule has 3 amide bonds. The molecule has 0 spiro atoms. The van der Waals surface area contributed by atoms with Crippen LogP contribution in [0.25, 0.3) is 0 Å². The highest BCUT2D eigenvalue weighted by atomic mass is 16.5. The van der Waals surface area contributed by atoms with Crippen molar-refractivity contribution in [1.29, 1.82) is 0 Å². The lowest BCUT2D eigenvalue weighted by Crippen LogP contribution is -2.50. The van der Waals surface area contributed by atoms with Gasteiger partial charge in [0.25, 0.3) is 0 Å². The van der Waals surface area contributed by atoms with Crippen LogP contribution in [0, 0.1) is 6.92 Å². The van der Waals surface area contributed by atoms with Crippen LogP contribution in [-0.4, -0.2) is 40.6 Å². The average Bonchev–Trinajstić information content (AvgIpc) is 3.17. The van der Waals surface area contributed by atoms with Gasteiger partial charge in [-0.1, -0.05) is 24.4 Å². The molecule has 1 aliphatic carbocycles. The number of rotatable bonds is 3. The first-order valence-electron chi connectivity index (χ1n) is 8.45. The molecule has 2 N–H and O–H groups in total. The Hall–Kier alpha value is -2.05. The Morgan fingerprint density at radius 1 is 1.22 bits per heavy atom. The van der Waals surface area contributed by atoms with E-state index < -0.39 is 6.04 Å². The normalized spacial score (nSPS) is 22.1.